The number of guanidine groups is 1. The molecule has 2 aromatic rings. The van der Waals surface area contributed by atoms with Crippen LogP contribution in [0.1, 0.15) is 17.5 Å². The van der Waals surface area contributed by atoms with Crippen molar-refractivity contribution in [1.82, 2.24) is 4.90 Å². The maximum absolute atomic E-state index is 7.50. The van der Waals surface area contributed by atoms with E-state index in [1.165, 1.54) is 28.7 Å². The third-order valence-electron chi connectivity index (χ3n) is 4.36. The Morgan fingerprint density at radius 3 is 3.00 bits per heavy atom. The van der Waals surface area contributed by atoms with Crippen LogP contribution in [-0.4, -0.2) is 24.5 Å². The zero-order valence-electron chi connectivity index (χ0n) is 12.3. The molecule has 0 saturated heterocycles. The quantitative estimate of drug-likeness (QED) is 0.674. The lowest BCUT2D eigenvalue weighted by Gasteiger charge is -2.29. The van der Waals surface area contributed by atoms with Gasteiger partial charge in [-0.1, -0.05) is 18.2 Å². The molecule has 1 aromatic carbocycles. The average molecular weight is 299 g/mol. The van der Waals surface area contributed by atoms with Crippen molar-refractivity contribution in [1.29, 1.82) is 5.41 Å². The molecule has 1 unspecified atom stereocenters. The molecule has 1 heterocycles. The molecule has 0 bridgehead atoms. The molecular formula is C17H21N3S. The molecule has 1 aromatic heterocycles. The van der Waals surface area contributed by atoms with Gasteiger partial charge in [-0.2, -0.15) is 11.3 Å². The number of rotatable bonds is 3. The van der Waals surface area contributed by atoms with E-state index in [1.54, 1.807) is 11.3 Å². The Labute approximate surface area is 129 Å². The van der Waals surface area contributed by atoms with Crippen LogP contribution in [0, 0.1) is 11.3 Å². The summed E-state index contributed by atoms with van der Waals surface area (Å²) < 4.78 is 0. The van der Waals surface area contributed by atoms with E-state index < -0.39 is 0 Å². The van der Waals surface area contributed by atoms with Gasteiger partial charge < -0.3 is 10.6 Å². The lowest BCUT2D eigenvalue weighted by molar-refractivity contribution is 0.347. The van der Waals surface area contributed by atoms with E-state index in [-0.39, 0.29) is 5.96 Å². The second-order valence-electron chi connectivity index (χ2n) is 5.83. The first-order chi connectivity index (χ1) is 10.1. The lowest BCUT2D eigenvalue weighted by atomic mass is 9.80. The minimum Gasteiger partial charge on any atom is -0.370 e. The van der Waals surface area contributed by atoms with Crippen molar-refractivity contribution in [2.45, 2.75) is 19.3 Å². The van der Waals surface area contributed by atoms with Gasteiger partial charge in [0.1, 0.15) is 0 Å². The van der Waals surface area contributed by atoms with Gasteiger partial charge in [-0.05, 0) is 64.3 Å². The van der Waals surface area contributed by atoms with Crippen LogP contribution in [-0.2, 0) is 12.8 Å². The van der Waals surface area contributed by atoms with Crippen molar-refractivity contribution in [2.75, 3.05) is 13.6 Å². The molecule has 0 saturated carbocycles. The van der Waals surface area contributed by atoms with E-state index in [0.717, 1.165) is 19.4 Å². The minimum absolute atomic E-state index is 0.160. The van der Waals surface area contributed by atoms with E-state index in [4.69, 9.17) is 11.1 Å². The molecule has 3 nitrogen and oxygen atoms in total. The minimum atomic E-state index is 0.160. The molecule has 0 amide bonds. The van der Waals surface area contributed by atoms with E-state index in [1.807, 2.05) is 11.9 Å². The standard InChI is InChI=1S/C17H21N3S/c1-20(17(18)19)10-12-5-6-16-13(9-12)3-2-4-15(16)14-7-8-21-11-14/h2-4,7-8,11-12H,5-6,9-10H2,1H3,(H3,18,19). The number of hydrogen-bond donors (Lipinski definition) is 2. The van der Waals surface area contributed by atoms with Crippen LogP contribution in [0.15, 0.2) is 35.0 Å². The van der Waals surface area contributed by atoms with Crippen molar-refractivity contribution in [3.05, 3.63) is 46.2 Å². The number of nitrogens with one attached hydrogen (secondary N) is 1. The van der Waals surface area contributed by atoms with Crippen molar-refractivity contribution >= 4 is 17.3 Å². The molecule has 4 heteroatoms. The van der Waals surface area contributed by atoms with Crippen LogP contribution >= 0.6 is 11.3 Å². The summed E-state index contributed by atoms with van der Waals surface area (Å²) in [6, 6.07) is 8.87. The number of fused-ring (bicyclic) bond motifs is 1. The molecule has 1 atom stereocenters. The highest BCUT2D eigenvalue weighted by Crippen LogP contribution is 2.34. The van der Waals surface area contributed by atoms with Gasteiger partial charge in [0, 0.05) is 13.6 Å². The number of nitrogens with two attached hydrogens (primary N) is 1. The molecule has 3 N–H and O–H groups in total. The van der Waals surface area contributed by atoms with Gasteiger partial charge in [0.05, 0.1) is 0 Å². The van der Waals surface area contributed by atoms with Crippen LogP contribution in [0.4, 0.5) is 0 Å². The normalized spacial score (nSPS) is 17.3. The molecule has 0 fully saturated rings. The fourth-order valence-corrected chi connectivity index (χ4v) is 3.87. The van der Waals surface area contributed by atoms with Crippen LogP contribution < -0.4 is 5.73 Å². The summed E-state index contributed by atoms with van der Waals surface area (Å²) in [4.78, 5) is 1.85. The highest BCUT2D eigenvalue weighted by Gasteiger charge is 2.22. The van der Waals surface area contributed by atoms with Gasteiger partial charge in [0.15, 0.2) is 5.96 Å². The van der Waals surface area contributed by atoms with Crippen molar-refractivity contribution < 1.29 is 0 Å². The van der Waals surface area contributed by atoms with Gasteiger partial charge in [-0.3, -0.25) is 5.41 Å². The molecule has 21 heavy (non-hydrogen) atoms. The number of thiophene rings is 1. The van der Waals surface area contributed by atoms with E-state index in [0.29, 0.717) is 5.92 Å². The van der Waals surface area contributed by atoms with E-state index >= 15 is 0 Å². The van der Waals surface area contributed by atoms with Crippen molar-refractivity contribution in [3.8, 4) is 11.1 Å². The summed E-state index contributed by atoms with van der Waals surface area (Å²) >= 11 is 1.75. The molecule has 0 aliphatic heterocycles. The Balaban J connectivity index is 1.81. The van der Waals surface area contributed by atoms with Gasteiger partial charge in [-0.15, -0.1) is 0 Å². The summed E-state index contributed by atoms with van der Waals surface area (Å²) in [5.41, 5.74) is 11.3. The highest BCUT2D eigenvalue weighted by molar-refractivity contribution is 7.08. The maximum Gasteiger partial charge on any atom is 0.188 e. The Morgan fingerprint density at radius 1 is 1.43 bits per heavy atom. The van der Waals surface area contributed by atoms with Crippen LogP contribution in [0.3, 0.4) is 0 Å². The Morgan fingerprint density at radius 2 is 2.29 bits per heavy atom. The Hall–Kier alpha value is -1.81. The van der Waals surface area contributed by atoms with Gasteiger partial charge in [0.2, 0.25) is 0 Å². The molecular weight excluding hydrogens is 278 g/mol. The van der Waals surface area contributed by atoms with Crippen LogP contribution in [0.2, 0.25) is 0 Å². The molecule has 0 spiro atoms. The molecule has 1 aliphatic rings. The summed E-state index contributed by atoms with van der Waals surface area (Å²) in [5.74, 6) is 0.747. The number of nitrogens with zero attached hydrogens (tertiary/aromatic N) is 1. The van der Waals surface area contributed by atoms with Crippen molar-refractivity contribution in [2.24, 2.45) is 11.7 Å². The second-order valence-corrected chi connectivity index (χ2v) is 6.61. The Bertz CT molecular complexity index is 633. The Kier molecular flexibility index (Phi) is 3.97. The topological polar surface area (TPSA) is 53.1 Å². The van der Waals surface area contributed by atoms with Gasteiger partial charge in [0.25, 0.3) is 0 Å². The summed E-state index contributed by atoms with van der Waals surface area (Å²) in [7, 11) is 1.90. The predicted molar refractivity (Wildman–Crippen MR) is 89.8 cm³/mol. The number of hydrogen-bond acceptors (Lipinski definition) is 2. The second kappa shape index (κ2) is 5.90. The molecule has 110 valence electrons. The van der Waals surface area contributed by atoms with Crippen LogP contribution in [0.5, 0.6) is 0 Å². The maximum atomic E-state index is 7.50. The summed E-state index contributed by atoms with van der Waals surface area (Å²) in [5, 5.41) is 11.9. The third kappa shape index (κ3) is 2.95. The van der Waals surface area contributed by atoms with Crippen LogP contribution in [0.25, 0.3) is 11.1 Å². The highest BCUT2D eigenvalue weighted by atomic mass is 32.1. The number of benzene rings is 1. The van der Waals surface area contributed by atoms with Crippen molar-refractivity contribution in [3.63, 3.8) is 0 Å². The van der Waals surface area contributed by atoms with Gasteiger partial charge >= 0.3 is 0 Å². The van der Waals surface area contributed by atoms with E-state index in [2.05, 4.69) is 35.0 Å². The zero-order valence-corrected chi connectivity index (χ0v) is 13.1. The zero-order chi connectivity index (χ0) is 14.8. The fourth-order valence-electron chi connectivity index (χ4n) is 3.21. The smallest absolute Gasteiger partial charge is 0.188 e. The van der Waals surface area contributed by atoms with E-state index in [9.17, 15) is 0 Å². The lowest BCUT2D eigenvalue weighted by Crippen LogP contribution is -2.38. The average Bonchev–Trinajstić information content (AvgIpc) is 3.00. The third-order valence-corrected chi connectivity index (χ3v) is 5.04. The SMILES string of the molecule is CN(CC1CCc2c(cccc2-c2ccsc2)C1)C(=N)N. The van der Waals surface area contributed by atoms with Gasteiger partial charge in [-0.25, -0.2) is 0 Å². The first kappa shape index (κ1) is 14.1. The summed E-state index contributed by atoms with van der Waals surface area (Å²) in [6.07, 6.45) is 3.38. The largest absolute Gasteiger partial charge is 0.370 e. The molecule has 0 radical (unpaired) electrons. The first-order valence-electron chi connectivity index (χ1n) is 7.33. The molecule has 1 aliphatic carbocycles. The predicted octanol–water partition coefficient (Wildman–Crippen LogP) is 3.35. The first-order valence-corrected chi connectivity index (χ1v) is 8.28. The summed E-state index contributed by atoms with van der Waals surface area (Å²) in [6.45, 7) is 0.872. The fraction of sp³-hybridized carbons (Fsp3) is 0.353. The molecule has 3 rings (SSSR count). The monoisotopic (exact) mass is 299 g/mol.